The van der Waals surface area contributed by atoms with Crippen LogP contribution >= 0.6 is 7.82 Å². The lowest BCUT2D eigenvalue weighted by atomic mass is 10.0. The van der Waals surface area contributed by atoms with Crippen molar-refractivity contribution in [2.24, 2.45) is 0 Å². The van der Waals surface area contributed by atoms with E-state index in [0.29, 0.717) is 24.1 Å². The minimum atomic E-state index is -4.52. The monoisotopic (exact) mass is 828 g/mol. The van der Waals surface area contributed by atoms with Crippen LogP contribution in [0, 0.1) is 0 Å². The molecule has 2 atom stereocenters. The molecule has 0 spiro atoms. The topological polar surface area (TPSA) is 94.1 Å². The summed E-state index contributed by atoms with van der Waals surface area (Å²) in [5, 5.41) is 0. The van der Waals surface area contributed by atoms with Gasteiger partial charge in [0.15, 0.2) is 0 Å². The zero-order valence-electron chi connectivity index (χ0n) is 38.3. The quantitative estimate of drug-likeness (QED) is 0.0198. The summed E-state index contributed by atoms with van der Waals surface area (Å²) in [6.45, 7) is 5.41. The van der Waals surface area contributed by atoms with Crippen molar-refractivity contribution in [2.75, 3.05) is 54.1 Å². The summed E-state index contributed by atoms with van der Waals surface area (Å²) in [6, 6.07) is 0. The first-order chi connectivity index (χ1) is 27.6. The van der Waals surface area contributed by atoms with Crippen molar-refractivity contribution < 1.29 is 37.3 Å². The lowest BCUT2D eigenvalue weighted by molar-refractivity contribution is -0.870. The van der Waals surface area contributed by atoms with Crippen LogP contribution in [0.5, 0.6) is 0 Å². The first kappa shape index (κ1) is 56.0. The molecular weight excluding hydrogens is 734 g/mol. The fourth-order valence-electron chi connectivity index (χ4n) is 6.75. The number of unbranched alkanes of at least 4 members (excludes halogenated alkanes) is 27. The number of rotatable bonds is 45. The fourth-order valence-corrected chi connectivity index (χ4v) is 7.48. The fraction of sp³-hybridized carbons (Fsp3) is 0.896. The van der Waals surface area contributed by atoms with Gasteiger partial charge in [-0.2, -0.15) is 0 Å². The van der Waals surface area contributed by atoms with Crippen LogP contribution in [0.25, 0.3) is 0 Å². The predicted molar refractivity (Wildman–Crippen MR) is 240 cm³/mol. The third kappa shape index (κ3) is 45.9. The lowest BCUT2D eigenvalue weighted by Gasteiger charge is -2.28. The lowest BCUT2D eigenvalue weighted by Crippen LogP contribution is -2.37. The summed E-state index contributed by atoms with van der Waals surface area (Å²) in [4.78, 5) is 25.1. The average molecular weight is 828 g/mol. The number of esters is 1. The molecule has 8 nitrogen and oxygen atoms in total. The molecule has 0 heterocycles. The average Bonchev–Trinajstić information content (AvgIpc) is 3.16. The molecule has 2 unspecified atom stereocenters. The van der Waals surface area contributed by atoms with Crippen LogP contribution in [0.1, 0.15) is 219 Å². The molecule has 0 aliphatic rings. The van der Waals surface area contributed by atoms with E-state index in [4.69, 9.17) is 18.5 Å². The Kier molecular flexibility index (Phi) is 41.0. The molecular formula is C48H94NO7P. The van der Waals surface area contributed by atoms with Crippen molar-refractivity contribution in [1.29, 1.82) is 0 Å². The third-order valence-corrected chi connectivity index (χ3v) is 11.5. The Morgan fingerprint density at radius 2 is 0.965 bits per heavy atom. The summed E-state index contributed by atoms with van der Waals surface area (Å²) in [5.41, 5.74) is 0. The van der Waals surface area contributed by atoms with Gasteiger partial charge in [-0.3, -0.25) is 9.36 Å². The molecule has 0 aliphatic heterocycles. The van der Waals surface area contributed by atoms with Gasteiger partial charge >= 0.3 is 5.97 Å². The smallest absolute Gasteiger partial charge is 0.306 e. The standard InChI is InChI=1S/C48H94NO7P/c1-6-8-10-12-14-16-18-20-22-24-26-28-30-32-34-36-38-40-43-53-45-47(46-55-57(51,52)54-44-42-49(3,4)5)56-48(50)41-39-37-35-33-31-29-27-25-23-21-19-17-15-13-11-9-7-2/h14,16,20,22,47H,6-13,15,17-19,21,23-46H2,1-5H3/b16-14-,22-20-. The second-order valence-electron chi connectivity index (χ2n) is 17.5. The number of carbonyl (C=O) groups excluding carboxylic acids is 1. The minimum Gasteiger partial charge on any atom is -0.756 e. The first-order valence-corrected chi connectivity index (χ1v) is 25.5. The van der Waals surface area contributed by atoms with Gasteiger partial charge in [0.2, 0.25) is 0 Å². The summed E-state index contributed by atoms with van der Waals surface area (Å²) >= 11 is 0. The van der Waals surface area contributed by atoms with Gasteiger partial charge in [0, 0.05) is 13.0 Å². The largest absolute Gasteiger partial charge is 0.756 e. The molecule has 9 heteroatoms. The number of quaternary nitrogens is 1. The van der Waals surface area contributed by atoms with Gasteiger partial charge in [0.25, 0.3) is 7.82 Å². The van der Waals surface area contributed by atoms with E-state index in [1.807, 2.05) is 21.1 Å². The number of allylic oxidation sites excluding steroid dienone is 4. The third-order valence-electron chi connectivity index (χ3n) is 10.5. The Labute approximate surface area is 353 Å². The molecule has 0 aromatic rings. The van der Waals surface area contributed by atoms with Gasteiger partial charge in [-0.1, -0.05) is 192 Å². The Hall–Kier alpha value is -1.02. The van der Waals surface area contributed by atoms with Gasteiger partial charge in [0.1, 0.15) is 19.3 Å². The normalized spacial score (nSPS) is 13.9. The molecule has 0 saturated heterocycles. The summed E-state index contributed by atoms with van der Waals surface area (Å²) in [7, 11) is 1.36. The molecule has 0 amide bonds. The van der Waals surface area contributed by atoms with E-state index in [-0.39, 0.29) is 25.8 Å². The maximum absolute atomic E-state index is 12.7. The summed E-state index contributed by atoms with van der Waals surface area (Å²) in [5.74, 6) is -0.332. The highest BCUT2D eigenvalue weighted by Crippen LogP contribution is 2.38. The molecule has 0 saturated carbocycles. The van der Waals surface area contributed by atoms with Crippen molar-refractivity contribution in [3.05, 3.63) is 24.3 Å². The van der Waals surface area contributed by atoms with E-state index >= 15 is 0 Å². The van der Waals surface area contributed by atoms with Crippen molar-refractivity contribution in [2.45, 2.75) is 225 Å². The van der Waals surface area contributed by atoms with E-state index in [1.165, 1.54) is 161 Å². The highest BCUT2D eigenvalue weighted by molar-refractivity contribution is 7.45. The highest BCUT2D eigenvalue weighted by atomic mass is 31.2. The predicted octanol–water partition coefficient (Wildman–Crippen LogP) is 13.8. The Morgan fingerprint density at radius 1 is 0.544 bits per heavy atom. The van der Waals surface area contributed by atoms with E-state index < -0.39 is 13.9 Å². The Morgan fingerprint density at radius 3 is 1.46 bits per heavy atom. The minimum absolute atomic E-state index is 0.0270. The molecule has 0 radical (unpaired) electrons. The van der Waals surface area contributed by atoms with Crippen molar-refractivity contribution in [1.82, 2.24) is 0 Å². The zero-order valence-corrected chi connectivity index (χ0v) is 39.2. The maximum Gasteiger partial charge on any atom is 0.306 e. The van der Waals surface area contributed by atoms with Crippen molar-refractivity contribution >= 4 is 13.8 Å². The number of hydrogen-bond donors (Lipinski definition) is 0. The number of phosphoric ester groups is 1. The molecule has 0 aromatic carbocycles. The first-order valence-electron chi connectivity index (χ1n) is 24.1. The molecule has 0 bridgehead atoms. The molecule has 338 valence electrons. The van der Waals surface area contributed by atoms with Gasteiger partial charge < -0.3 is 27.9 Å². The number of carbonyl (C=O) groups is 1. The molecule has 57 heavy (non-hydrogen) atoms. The van der Waals surface area contributed by atoms with E-state index in [1.54, 1.807) is 0 Å². The molecule has 0 aromatic heterocycles. The van der Waals surface area contributed by atoms with Gasteiger partial charge in [-0.05, 0) is 44.9 Å². The summed E-state index contributed by atoms with van der Waals surface area (Å²) in [6.07, 6.45) is 47.6. The SMILES string of the molecule is CCCCC/C=C\C/C=C\CCCCCCCCCCOCC(COP(=O)([O-])OCC[N+](C)(C)C)OC(=O)CCCCCCCCCCCCCCCCCCC. The molecule has 0 aliphatic carbocycles. The van der Waals surface area contributed by atoms with Crippen LogP contribution in [0.3, 0.4) is 0 Å². The van der Waals surface area contributed by atoms with Crippen molar-refractivity contribution in [3.63, 3.8) is 0 Å². The molecule has 0 N–H and O–H groups in total. The Bertz CT molecular complexity index is 967. The van der Waals surface area contributed by atoms with Crippen molar-refractivity contribution in [3.8, 4) is 0 Å². The van der Waals surface area contributed by atoms with Crippen LogP contribution < -0.4 is 4.89 Å². The van der Waals surface area contributed by atoms with Gasteiger partial charge in [-0.25, -0.2) is 0 Å². The number of hydrogen-bond acceptors (Lipinski definition) is 7. The van der Waals surface area contributed by atoms with Gasteiger partial charge in [0.05, 0.1) is 34.4 Å². The number of likely N-dealkylation sites (N-methyl/N-ethyl adjacent to an activating group) is 1. The van der Waals surface area contributed by atoms with Crippen LogP contribution in [-0.4, -0.2) is 70.7 Å². The van der Waals surface area contributed by atoms with E-state index in [9.17, 15) is 14.3 Å². The zero-order chi connectivity index (χ0) is 42.0. The Balaban J connectivity index is 4.17. The highest BCUT2D eigenvalue weighted by Gasteiger charge is 2.20. The van der Waals surface area contributed by atoms with Gasteiger partial charge in [-0.15, -0.1) is 0 Å². The molecule has 0 rings (SSSR count). The second kappa shape index (κ2) is 41.7. The van der Waals surface area contributed by atoms with E-state index in [0.717, 1.165) is 38.5 Å². The number of phosphoric acid groups is 1. The maximum atomic E-state index is 12.7. The second-order valence-corrected chi connectivity index (χ2v) is 18.9. The van der Waals surface area contributed by atoms with Crippen LogP contribution in [-0.2, 0) is 27.9 Å². The number of nitrogens with zero attached hydrogens (tertiary/aromatic N) is 1. The molecule has 0 fully saturated rings. The summed E-state index contributed by atoms with van der Waals surface area (Å²) < 4.78 is 34.7. The van der Waals surface area contributed by atoms with Crippen LogP contribution in [0.15, 0.2) is 24.3 Å². The van der Waals surface area contributed by atoms with E-state index in [2.05, 4.69) is 38.2 Å². The van der Waals surface area contributed by atoms with Crippen LogP contribution in [0.2, 0.25) is 0 Å². The number of ether oxygens (including phenoxy) is 2. The van der Waals surface area contributed by atoms with Crippen LogP contribution in [0.4, 0.5) is 0 Å².